The zero-order chi connectivity index (χ0) is 15.2. The van der Waals surface area contributed by atoms with Gasteiger partial charge in [0.15, 0.2) is 11.5 Å². The van der Waals surface area contributed by atoms with Gasteiger partial charge in [0.2, 0.25) is 5.91 Å². The van der Waals surface area contributed by atoms with Gasteiger partial charge in [-0.25, -0.2) is 4.98 Å². The number of carbonyl (C=O) groups excluding carboxylic acids is 2. The molecular weight excluding hydrogens is 268 g/mol. The topological polar surface area (TPSA) is 90.0 Å². The highest BCUT2D eigenvalue weighted by atomic mass is 16.2. The predicted molar refractivity (Wildman–Crippen MR) is 79.8 cm³/mol. The second-order valence-corrected chi connectivity index (χ2v) is 4.72. The van der Waals surface area contributed by atoms with Crippen LogP contribution in [0.1, 0.15) is 35.8 Å². The van der Waals surface area contributed by atoms with Gasteiger partial charge in [-0.05, 0) is 12.0 Å². The number of rotatable bonds is 6. The third-order valence-corrected chi connectivity index (χ3v) is 3.00. The van der Waals surface area contributed by atoms with Crippen molar-refractivity contribution in [3.05, 3.63) is 47.9 Å². The Morgan fingerprint density at radius 1 is 1.29 bits per heavy atom. The van der Waals surface area contributed by atoms with Crippen molar-refractivity contribution in [2.24, 2.45) is 5.73 Å². The minimum absolute atomic E-state index is 0.176. The minimum atomic E-state index is -0.616. The lowest BCUT2D eigenvalue weighted by Gasteiger charge is -2.08. The van der Waals surface area contributed by atoms with Crippen molar-refractivity contribution < 1.29 is 9.59 Å². The van der Waals surface area contributed by atoms with Crippen LogP contribution in [0, 0.1) is 0 Å². The average molecular weight is 286 g/mol. The van der Waals surface area contributed by atoms with E-state index in [1.807, 2.05) is 37.3 Å². The maximum Gasteiger partial charge on any atom is 0.269 e. The molecule has 0 aliphatic rings. The van der Waals surface area contributed by atoms with Gasteiger partial charge in [-0.2, -0.15) is 0 Å². The van der Waals surface area contributed by atoms with E-state index < -0.39 is 5.91 Å². The first-order chi connectivity index (χ1) is 10.1. The zero-order valence-electron chi connectivity index (χ0n) is 11.9. The summed E-state index contributed by atoms with van der Waals surface area (Å²) >= 11 is 0. The number of nitrogens with one attached hydrogen (secondary N) is 1. The van der Waals surface area contributed by atoms with Crippen LogP contribution in [0.5, 0.6) is 0 Å². The zero-order valence-corrected chi connectivity index (χ0v) is 11.9. The molecule has 1 heterocycles. The average Bonchev–Trinajstić information content (AvgIpc) is 2.82. The molecule has 0 aliphatic heterocycles. The molecule has 0 saturated carbocycles. The summed E-state index contributed by atoms with van der Waals surface area (Å²) in [7, 11) is 0. The van der Waals surface area contributed by atoms with Crippen molar-refractivity contribution in [2.45, 2.75) is 26.3 Å². The fourth-order valence-electron chi connectivity index (χ4n) is 2.05. The molecule has 0 atom stereocenters. The van der Waals surface area contributed by atoms with Crippen LogP contribution in [-0.4, -0.2) is 21.4 Å². The molecule has 2 amide bonds. The molecule has 2 rings (SSSR count). The molecule has 0 radical (unpaired) electrons. The van der Waals surface area contributed by atoms with Crippen molar-refractivity contribution in [2.75, 3.05) is 5.32 Å². The Bertz CT molecular complexity index is 634. The van der Waals surface area contributed by atoms with Crippen LogP contribution in [0.4, 0.5) is 5.82 Å². The Kier molecular flexibility index (Phi) is 4.71. The summed E-state index contributed by atoms with van der Waals surface area (Å²) in [5.74, 6) is -0.572. The van der Waals surface area contributed by atoms with E-state index in [9.17, 15) is 9.59 Å². The summed E-state index contributed by atoms with van der Waals surface area (Å²) in [6.07, 6.45) is 2.61. The minimum Gasteiger partial charge on any atom is -0.364 e. The van der Waals surface area contributed by atoms with Crippen molar-refractivity contribution in [1.29, 1.82) is 0 Å². The van der Waals surface area contributed by atoms with Crippen LogP contribution in [0.2, 0.25) is 0 Å². The summed E-state index contributed by atoms with van der Waals surface area (Å²) in [6.45, 7) is 2.37. The Morgan fingerprint density at radius 3 is 2.62 bits per heavy atom. The van der Waals surface area contributed by atoms with Crippen molar-refractivity contribution in [1.82, 2.24) is 9.55 Å². The van der Waals surface area contributed by atoms with E-state index in [0.29, 0.717) is 13.0 Å². The number of aromatic nitrogens is 2. The molecular formula is C15H18N4O2. The fraction of sp³-hybridized carbons (Fsp3) is 0.267. The van der Waals surface area contributed by atoms with Gasteiger partial charge in [0, 0.05) is 13.0 Å². The normalized spacial score (nSPS) is 10.3. The lowest BCUT2D eigenvalue weighted by Crippen LogP contribution is -2.21. The van der Waals surface area contributed by atoms with Crippen LogP contribution in [0.15, 0.2) is 36.7 Å². The third-order valence-electron chi connectivity index (χ3n) is 3.00. The maximum absolute atomic E-state index is 11.6. The van der Waals surface area contributed by atoms with E-state index in [1.54, 1.807) is 4.57 Å². The number of anilines is 1. The van der Waals surface area contributed by atoms with Crippen LogP contribution in [0.25, 0.3) is 0 Å². The molecule has 21 heavy (non-hydrogen) atoms. The molecule has 0 saturated heterocycles. The first kappa shape index (κ1) is 14.8. The molecule has 0 fully saturated rings. The SMILES string of the molecule is CCCC(=O)Nc1ncn(Cc2ccccc2)c1C(N)=O. The summed E-state index contributed by atoms with van der Waals surface area (Å²) in [4.78, 5) is 27.4. The van der Waals surface area contributed by atoms with Crippen LogP contribution < -0.4 is 11.1 Å². The Balaban J connectivity index is 2.24. The molecule has 1 aromatic carbocycles. The third kappa shape index (κ3) is 3.68. The molecule has 0 bridgehead atoms. The molecule has 6 nitrogen and oxygen atoms in total. The van der Waals surface area contributed by atoms with Crippen LogP contribution in [-0.2, 0) is 11.3 Å². The smallest absolute Gasteiger partial charge is 0.269 e. The van der Waals surface area contributed by atoms with Gasteiger partial charge in [0.25, 0.3) is 5.91 Å². The number of nitrogens with zero attached hydrogens (tertiary/aromatic N) is 2. The first-order valence-electron chi connectivity index (χ1n) is 6.80. The van der Waals surface area contributed by atoms with E-state index in [2.05, 4.69) is 10.3 Å². The Hall–Kier alpha value is -2.63. The number of hydrogen-bond donors (Lipinski definition) is 2. The number of amides is 2. The van der Waals surface area contributed by atoms with Crippen molar-refractivity contribution in [3.63, 3.8) is 0 Å². The first-order valence-corrected chi connectivity index (χ1v) is 6.80. The number of primary amides is 1. The second kappa shape index (κ2) is 6.69. The van der Waals surface area contributed by atoms with E-state index in [-0.39, 0.29) is 17.4 Å². The van der Waals surface area contributed by atoms with E-state index in [1.165, 1.54) is 6.33 Å². The van der Waals surface area contributed by atoms with Crippen molar-refractivity contribution >= 4 is 17.6 Å². The quantitative estimate of drug-likeness (QED) is 0.848. The highest BCUT2D eigenvalue weighted by Crippen LogP contribution is 2.15. The van der Waals surface area contributed by atoms with E-state index >= 15 is 0 Å². The van der Waals surface area contributed by atoms with E-state index in [0.717, 1.165) is 12.0 Å². The molecule has 2 aromatic rings. The number of carbonyl (C=O) groups is 2. The lowest BCUT2D eigenvalue weighted by molar-refractivity contribution is -0.116. The summed E-state index contributed by atoms with van der Waals surface area (Å²) < 4.78 is 1.64. The molecule has 6 heteroatoms. The van der Waals surface area contributed by atoms with Gasteiger partial charge in [0.05, 0.1) is 6.33 Å². The van der Waals surface area contributed by atoms with Gasteiger partial charge in [-0.15, -0.1) is 0 Å². The fourth-order valence-corrected chi connectivity index (χ4v) is 2.05. The van der Waals surface area contributed by atoms with Gasteiger partial charge in [-0.3, -0.25) is 9.59 Å². The van der Waals surface area contributed by atoms with E-state index in [4.69, 9.17) is 5.73 Å². The largest absolute Gasteiger partial charge is 0.364 e. The predicted octanol–water partition coefficient (Wildman–Crippen LogP) is 1.77. The Morgan fingerprint density at radius 2 is 2.00 bits per heavy atom. The Labute approximate surface area is 123 Å². The number of benzene rings is 1. The molecule has 3 N–H and O–H groups in total. The van der Waals surface area contributed by atoms with Gasteiger partial charge >= 0.3 is 0 Å². The standard InChI is InChI=1S/C15H18N4O2/c1-2-6-12(20)18-15-13(14(16)21)19(10-17-15)9-11-7-4-3-5-8-11/h3-5,7-8,10H,2,6,9H2,1H3,(H2,16,21)(H,18,20). The summed E-state index contributed by atoms with van der Waals surface area (Å²) in [5, 5.41) is 2.63. The summed E-state index contributed by atoms with van der Waals surface area (Å²) in [5.41, 5.74) is 6.64. The van der Waals surface area contributed by atoms with Crippen molar-refractivity contribution in [3.8, 4) is 0 Å². The number of hydrogen-bond acceptors (Lipinski definition) is 3. The number of imidazole rings is 1. The number of nitrogens with two attached hydrogens (primary N) is 1. The van der Waals surface area contributed by atoms with Gasteiger partial charge < -0.3 is 15.6 Å². The second-order valence-electron chi connectivity index (χ2n) is 4.72. The van der Waals surface area contributed by atoms with Gasteiger partial charge in [0.1, 0.15) is 0 Å². The molecule has 1 aromatic heterocycles. The van der Waals surface area contributed by atoms with Crippen LogP contribution >= 0.6 is 0 Å². The highest BCUT2D eigenvalue weighted by molar-refractivity contribution is 6.00. The molecule has 0 spiro atoms. The molecule has 110 valence electrons. The lowest BCUT2D eigenvalue weighted by atomic mass is 10.2. The molecule has 0 aliphatic carbocycles. The summed E-state index contributed by atoms with van der Waals surface area (Å²) in [6, 6.07) is 9.64. The monoisotopic (exact) mass is 286 g/mol. The highest BCUT2D eigenvalue weighted by Gasteiger charge is 2.18. The maximum atomic E-state index is 11.6. The molecule has 0 unspecified atom stereocenters. The van der Waals surface area contributed by atoms with Crippen LogP contribution in [0.3, 0.4) is 0 Å². The van der Waals surface area contributed by atoms with Gasteiger partial charge in [-0.1, -0.05) is 37.3 Å².